The molecule has 1 fully saturated rings. The van der Waals surface area contributed by atoms with Crippen LogP contribution in [0.1, 0.15) is 36.3 Å². The normalized spacial score (nSPS) is 18.9. The number of hydrogen-bond donors (Lipinski definition) is 2. The summed E-state index contributed by atoms with van der Waals surface area (Å²) in [7, 11) is 0. The average molecular weight is 294 g/mol. The van der Waals surface area contributed by atoms with Gasteiger partial charge in [-0.15, -0.1) is 0 Å². The predicted molar refractivity (Wildman–Crippen MR) is 83.9 cm³/mol. The molecular formula is C14H22N4OS. The number of carbonyl (C=O) groups excluding carboxylic acids is 1. The Morgan fingerprint density at radius 2 is 2.40 bits per heavy atom. The highest BCUT2D eigenvalue weighted by atomic mass is 32.2. The van der Waals surface area contributed by atoms with Crippen molar-refractivity contribution >= 4 is 23.5 Å². The molecule has 5 nitrogen and oxygen atoms in total. The number of anilines is 1. The van der Waals surface area contributed by atoms with Crippen LogP contribution in [-0.2, 0) is 6.42 Å². The lowest BCUT2D eigenvalue weighted by Crippen LogP contribution is -2.44. The molecule has 1 amide bonds. The molecule has 1 aromatic rings. The molecule has 110 valence electrons. The van der Waals surface area contributed by atoms with Gasteiger partial charge >= 0.3 is 0 Å². The van der Waals surface area contributed by atoms with Gasteiger partial charge in [0.1, 0.15) is 5.82 Å². The van der Waals surface area contributed by atoms with E-state index >= 15 is 0 Å². The monoisotopic (exact) mass is 294 g/mol. The topological polar surface area (TPSA) is 71.2 Å². The first-order valence-electron chi connectivity index (χ1n) is 7.02. The van der Waals surface area contributed by atoms with Crippen molar-refractivity contribution in [2.45, 2.75) is 32.7 Å². The molecular weight excluding hydrogens is 272 g/mol. The molecule has 0 aliphatic carbocycles. The number of nitrogens with one attached hydrogen (secondary N) is 1. The van der Waals surface area contributed by atoms with Crippen molar-refractivity contribution in [3.05, 3.63) is 23.4 Å². The Labute approximate surface area is 124 Å². The Morgan fingerprint density at radius 1 is 1.60 bits per heavy atom. The fraction of sp³-hybridized carbons (Fsp3) is 0.571. The maximum atomic E-state index is 12.7. The molecule has 1 saturated heterocycles. The third-order valence-corrected chi connectivity index (χ3v) is 4.60. The first kappa shape index (κ1) is 15.1. The van der Waals surface area contributed by atoms with Gasteiger partial charge in [-0.05, 0) is 25.5 Å². The summed E-state index contributed by atoms with van der Waals surface area (Å²) in [6.07, 6.45) is 1.84. The molecule has 20 heavy (non-hydrogen) atoms. The van der Waals surface area contributed by atoms with Crippen molar-refractivity contribution in [2.24, 2.45) is 5.84 Å². The first-order valence-corrected chi connectivity index (χ1v) is 8.17. The van der Waals surface area contributed by atoms with Gasteiger partial charge in [-0.2, -0.15) is 11.8 Å². The van der Waals surface area contributed by atoms with Crippen LogP contribution in [0.4, 0.5) is 5.82 Å². The zero-order valence-electron chi connectivity index (χ0n) is 12.1. The van der Waals surface area contributed by atoms with Crippen LogP contribution in [-0.4, -0.2) is 39.9 Å². The minimum atomic E-state index is 0.0778. The standard InChI is InChI=1S/C14H22N4OS/c1-3-4-12-7-11(8-13(16-12)17-15)14(19)18-5-6-20-9-10(18)2/h7-8,10H,3-6,9,15H2,1-2H3,(H,16,17). The fourth-order valence-electron chi connectivity index (χ4n) is 2.36. The highest BCUT2D eigenvalue weighted by Crippen LogP contribution is 2.20. The van der Waals surface area contributed by atoms with E-state index in [0.717, 1.165) is 36.6 Å². The highest BCUT2D eigenvalue weighted by Gasteiger charge is 2.25. The number of nitrogens with zero attached hydrogens (tertiary/aromatic N) is 2. The van der Waals surface area contributed by atoms with E-state index in [0.29, 0.717) is 11.4 Å². The Bertz CT molecular complexity index is 480. The van der Waals surface area contributed by atoms with Crippen molar-refractivity contribution in [3.8, 4) is 0 Å². The Kier molecular flexibility index (Phi) is 5.25. The molecule has 3 N–H and O–H groups in total. The highest BCUT2D eigenvalue weighted by molar-refractivity contribution is 7.99. The molecule has 1 aliphatic heterocycles. The number of pyridine rings is 1. The zero-order chi connectivity index (χ0) is 14.5. The van der Waals surface area contributed by atoms with Gasteiger partial charge in [0.2, 0.25) is 0 Å². The van der Waals surface area contributed by atoms with Crippen LogP contribution < -0.4 is 11.3 Å². The molecule has 0 spiro atoms. The number of hydrazine groups is 1. The van der Waals surface area contributed by atoms with Crippen LogP contribution in [0.25, 0.3) is 0 Å². The molecule has 0 aromatic carbocycles. The summed E-state index contributed by atoms with van der Waals surface area (Å²) in [4.78, 5) is 19.0. The van der Waals surface area contributed by atoms with E-state index in [1.165, 1.54) is 0 Å². The Balaban J connectivity index is 2.25. The molecule has 0 bridgehead atoms. The first-order chi connectivity index (χ1) is 9.65. The van der Waals surface area contributed by atoms with Crippen LogP contribution in [0.3, 0.4) is 0 Å². The number of rotatable bonds is 4. The quantitative estimate of drug-likeness (QED) is 0.655. The van der Waals surface area contributed by atoms with Crippen molar-refractivity contribution in [2.75, 3.05) is 23.5 Å². The van der Waals surface area contributed by atoms with Gasteiger partial charge in [0.05, 0.1) is 0 Å². The van der Waals surface area contributed by atoms with Crippen LogP contribution >= 0.6 is 11.8 Å². The molecule has 0 saturated carbocycles. The summed E-state index contributed by atoms with van der Waals surface area (Å²) in [5.41, 5.74) is 4.13. The average Bonchev–Trinajstić information content (AvgIpc) is 2.47. The van der Waals surface area contributed by atoms with Crippen LogP contribution in [0.2, 0.25) is 0 Å². The minimum absolute atomic E-state index is 0.0778. The van der Waals surface area contributed by atoms with E-state index in [4.69, 9.17) is 5.84 Å². The third kappa shape index (κ3) is 3.43. The van der Waals surface area contributed by atoms with Gasteiger partial charge in [-0.3, -0.25) is 4.79 Å². The number of nitrogens with two attached hydrogens (primary N) is 1. The van der Waals surface area contributed by atoms with Crippen molar-refractivity contribution in [3.63, 3.8) is 0 Å². The van der Waals surface area contributed by atoms with Gasteiger partial charge in [0, 0.05) is 35.3 Å². The van der Waals surface area contributed by atoms with E-state index in [9.17, 15) is 4.79 Å². The Morgan fingerprint density at radius 3 is 3.05 bits per heavy atom. The summed E-state index contributed by atoms with van der Waals surface area (Å²) >= 11 is 1.90. The predicted octanol–water partition coefficient (Wildman–Crippen LogP) is 1.90. The second-order valence-electron chi connectivity index (χ2n) is 5.05. The summed E-state index contributed by atoms with van der Waals surface area (Å²) in [6.45, 7) is 5.00. The molecule has 1 atom stereocenters. The van der Waals surface area contributed by atoms with Crippen LogP contribution in [0.5, 0.6) is 0 Å². The van der Waals surface area contributed by atoms with Crippen LogP contribution in [0.15, 0.2) is 12.1 Å². The van der Waals surface area contributed by atoms with Crippen LogP contribution in [0, 0.1) is 0 Å². The van der Waals surface area contributed by atoms with E-state index in [1.54, 1.807) is 6.07 Å². The van der Waals surface area contributed by atoms with E-state index in [1.807, 2.05) is 22.7 Å². The lowest BCUT2D eigenvalue weighted by atomic mass is 10.1. The number of aryl methyl sites for hydroxylation is 1. The largest absolute Gasteiger partial charge is 0.334 e. The maximum Gasteiger partial charge on any atom is 0.254 e. The summed E-state index contributed by atoms with van der Waals surface area (Å²) in [5.74, 6) is 8.09. The fourth-order valence-corrected chi connectivity index (χ4v) is 3.38. The van der Waals surface area contributed by atoms with Gasteiger partial charge < -0.3 is 10.3 Å². The lowest BCUT2D eigenvalue weighted by Gasteiger charge is -2.33. The maximum absolute atomic E-state index is 12.7. The van der Waals surface area contributed by atoms with Gasteiger partial charge in [-0.1, -0.05) is 13.3 Å². The van der Waals surface area contributed by atoms with Gasteiger partial charge in [-0.25, -0.2) is 10.8 Å². The molecule has 6 heteroatoms. The van der Waals surface area contributed by atoms with Gasteiger partial charge in [0.15, 0.2) is 0 Å². The third-order valence-electron chi connectivity index (χ3n) is 3.41. The van der Waals surface area contributed by atoms with Crippen molar-refractivity contribution in [1.82, 2.24) is 9.88 Å². The molecule has 1 aromatic heterocycles. The molecule has 1 unspecified atom stereocenters. The Hall–Kier alpha value is -1.27. The number of amides is 1. The zero-order valence-corrected chi connectivity index (χ0v) is 12.9. The number of carbonyl (C=O) groups is 1. The summed E-state index contributed by atoms with van der Waals surface area (Å²) in [6, 6.07) is 3.90. The number of hydrogen-bond acceptors (Lipinski definition) is 5. The molecule has 1 aliphatic rings. The van der Waals surface area contributed by atoms with Crippen molar-refractivity contribution < 1.29 is 4.79 Å². The number of thioether (sulfide) groups is 1. The molecule has 2 rings (SSSR count). The SMILES string of the molecule is CCCc1cc(C(=O)N2CCSCC2C)cc(NN)n1. The van der Waals surface area contributed by atoms with E-state index in [2.05, 4.69) is 24.3 Å². The summed E-state index contributed by atoms with van der Waals surface area (Å²) < 4.78 is 0. The minimum Gasteiger partial charge on any atom is -0.334 e. The summed E-state index contributed by atoms with van der Waals surface area (Å²) in [5, 5.41) is 0. The second kappa shape index (κ2) is 6.95. The van der Waals surface area contributed by atoms with Crippen molar-refractivity contribution in [1.29, 1.82) is 0 Å². The van der Waals surface area contributed by atoms with E-state index in [-0.39, 0.29) is 11.9 Å². The van der Waals surface area contributed by atoms with E-state index < -0.39 is 0 Å². The smallest absolute Gasteiger partial charge is 0.254 e. The lowest BCUT2D eigenvalue weighted by molar-refractivity contribution is 0.0716. The number of nitrogen functional groups attached to an aromatic ring is 1. The second-order valence-corrected chi connectivity index (χ2v) is 6.20. The molecule has 0 radical (unpaired) electrons. The molecule has 2 heterocycles. The number of aromatic nitrogens is 1. The van der Waals surface area contributed by atoms with Gasteiger partial charge in [0.25, 0.3) is 5.91 Å².